The molecule has 0 aliphatic rings. The highest BCUT2D eigenvalue weighted by atomic mass is 14.8. The molecule has 0 amide bonds. The largest absolute Gasteiger partial charge is 0.383 e. The summed E-state index contributed by atoms with van der Waals surface area (Å²) in [7, 11) is 0. The van der Waals surface area contributed by atoms with Crippen LogP contribution in [0.1, 0.15) is 5.56 Å². The maximum Gasteiger partial charge on any atom is 0.141 e. The number of nitrogens with two attached hydrogens (primary N) is 1. The van der Waals surface area contributed by atoms with Crippen molar-refractivity contribution in [3.8, 4) is 28.3 Å². The molecule has 0 aliphatic carbocycles. The van der Waals surface area contributed by atoms with Crippen LogP contribution in [0.3, 0.4) is 0 Å². The van der Waals surface area contributed by atoms with Crippen LogP contribution in [0.15, 0.2) is 79.0 Å². The van der Waals surface area contributed by atoms with Crippen molar-refractivity contribution in [1.82, 2.24) is 9.97 Å². The standard InChI is InChI=1S/C24H16N4/c25-13-19-23(20(14-27-24(19)26)15-6-2-1-3-7-15)16-10-11-22-18(12-16)17-8-4-5-9-21(17)28-22/h1-12,14,28H,(H2,26,27). The highest BCUT2D eigenvalue weighted by molar-refractivity contribution is 6.09. The molecule has 0 spiro atoms. The lowest BCUT2D eigenvalue weighted by Gasteiger charge is -2.13. The van der Waals surface area contributed by atoms with Crippen LogP contribution >= 0.6 is 0 Å². The number of para-hydroxylation sites is 1. The van der Waals surface area contributed by atoms with Gasteiger partial charge in [0.15, 0.2) is 0 Å². The van der Waals surface area contributed by atoms with Gasteiger partial charge in [-0.15, -0.1) is 0 Å². The molecule has 2 aromatic heterocycles. The minimum absolute atomic E-state index is 0.246. The highest BCUT2D eigenvalue weighted by Gasteiger charge is 2.17. The molecule has 28 heavy (non-hydrogen) atoms. The van der Waals surface area contributed by atoms with Crippen LogP contribution < -0.4 is 5.73 Å². The highest BCUT2D eigenvalue weighted by Crippen LogP contribution is 2.38. The van der Waals surface area contributed by atoms with E-state index in [4.69, 9.17) is 5.73 Å². The Morgan fingerprint density at radius 1 is 0.821 bits per heavy atom. The molecular formula is C24H16N4. The number of nitriles is 1. The van der Waals surface area contributed by atoms with E-state index in [9.17, 15) is 5.26 Å². The zero-order valence-corrected chi connectivity index (χ0v) is 15.0. The first kappa shape index (κ1) is 16.1. The average molecular weight is 360 g/mol. The Morgan fingerprint density at radius 3 is 2.39 bits per heavy atom. The van der Waals surface area contributed by atoms with Crippen molar-refractivity contribution in [2.45, 2.75) is 0 Å². The lowest BCUT2D eigenvalue weighted by molar-refractivity contribution is 1.31. The Bertz CT molecular complexity index is 1370. The summed E-state index contributed by atoms with van der Waals surface area (Å²) < 4.78 is 0. The Balaban J connectivity index is 1.85. The number of nitrogens with one attached hydrogen (secondary N) is 1. The fourth-order valence-electron chi connectivity index (χ4n) is 3.78. The summed E-state index contributed by atoms with van der Waals surface area (Å²) in [4.78, 5) is 7.70. The minimum atomic E-state index is 0.246. The number of anilines is 1. The third kappa shape index (κ3) is 2.42. The molecule has 0 unspecified atom stereocenters. The van der Waals surface area contributed by atoms with Gasteiger partial charge in [0.05, 0.1) is 0 Å². The van der Waals surface area contributed by atoms with Gasteiger partial charge in [-0.2, -0.15) is 5.26 Å². The minimum Gasteiger partial charge on any atom is -0.383 e. The van der Waals surface area contributed by atoms with E-state index in [1.165, 1.54) is 0 Å². The molecule has 0 fully saturated rings. The van der Waals surface area contributed by atoms with Crippen molar-refractivity contribution in [2.75, 3.05) is 5.73 Å². The molecule has 0 atom stereocenters. The fourth-order valence-corrected chi connectivity index (χ4v) is 3.78. The van der Waals surface area contributed by atoms with Crippen LogP contribution in [-0.2, 0) is 0 Å². The van der Waals surface area contributed by atoms with Gasteiger partial charge in [0.2, 0.25) is 0 Å². The van der Waals surface area contributed by atoms with Crippen LogP contribution in [-0.4, -0.2) is 9.97 Å². The second-order valence-corrected chi connectivity index (χ2v) is 6.72. The van der Waals surface area contributed by atoms with Crippen LogP contribution in [0.25, 0.3) is 44.1 Å². The zero-order chi connectivity index (χ0) is 19.1. The summed E-state index contributed by atoms with van der Waals surface area (Å²) >= 11 is 0. The number of aromatic nitrogens is 2. The maximum absolute atomic E-state index is 9.80. The normalized spacial score (nSPS) is 11.0. The molecule has 4 heteroatoms. The zero-order valence-electron chi connectivity index (χ0n) is 15.0. The molecule has 2 heterocycles. The quantitative estimate of drug-likeness (QED) is 0.436. The van der Waals surface area contributed by atoms with E-state index in [1.807, 2.05) is 48.5 Å². The van der Waals surface area contributed by atoms with Crippen LogP contribution in [0.4, 0.5) is 5.82 Å². The Hall–Kier alpha value is -4.10. The van der Waals surface area contributed by atoms with E-state index in [2.05, 4.69) is 40.3 Å². The Labute approximate surface area is 161 Å². The molecule has 132 valence electrons. The molecule has 0 bridgehead atoms. The molecule has 5 aromatic rings. The van der Waals surface area contributed by atoms with Crippen molar-refractivity contribution in [3.05, 3.63) is 84.6 Å². The molecule has 3 aromatic carbocycles. The predicted molar refractivity (Wildman–Crippen MR) is 114 cm³/mol. The SMILES string of the molecule is N#Cc1c(N)ncc(-c2ccccc2)c1-c1ccc2[nH]c3ccccc3c2c1. The Kier molecular flexibility index (Phi) is 3.60. The predicted octanol–water partition coefficient (Wildman–Crippen LogP) is 5.50. The van der Waals surface area contributed by atoms with Gasteiger partial charge in [-0.1, -0.05) is 54.6 Å². The number of fused-ring (bicyclic) bond motifs is 3. The first-order valence-electron chi connectivity index (χ1n) is 9.01. The number of H-pyrrole nitrogens is 1. The number of hydrogen-bond donors (Lipinski definition) is 2. The smallest absolute Gasteiger partial charge is 0.141 e. The van der Waals surface area contributed by atoms with E-state index in [-0.39, 0.29) is 5.82 Å². The van der Waals surface area contributed by atoms with Gasteiger partial charge in [-0.3, -0.25) is 0 Å². The van der Waals surface area contributed by atoms with Crippen molar-refractivity contribution >= 4 is 27.6 Å². The van der Waals surface area contributed by atoms with Crippen LogP contribution in [0.5, 0.6) is 0 Å². The molecule has 4 nitrogen and oxygen atoms in total. The Morgan fingerprint density at radius 2 is 1.57 bits per heavy atom. The molecule has 3 N–H and O–H groups in total. The molecular weight excluding hydrogens is 344 g/mol. The second-order valence-electron chi connectivity index (χ2n) is 6.72. The van der Waals surface area contributed by atoms with Gasteiger partial charge in [-0.25, -0.2) is 4.98 Å². The summed E-state index contributed by atoms with van der Waals surface area (Å²) in [5, 5.41) is 12.1. The number of aromatic amines is 1. The number of hydrogen-bond acceptors (Lipinski definition) is 3. The van der Waals surface area contributed by atoms with Crippen molar-refractivity contribution < 1.29 is 0 Å². The number of nitrogen functional groups attached to an aromatic ring is 1. The van der Waals surface area contributed by atoms with Crippen molar-refractivity contribution in [1.29, 1.82) is 5.26 Å². The first-order chi connectivity index (χ1) is 13.8. The van der Waals surface area contributed by atoms with Gasteiger partial charge >= 0.3 is 0 Å². The molecule has 0 saturated carbocycles. The third-order valence-electron chi connectivity index (χ3n) is 5.10. The molecule has 0 radical (unpaired) electrons. The van der Waals surface area contributed by atoms with E-state index >= 15 is 0 Å². The van der Waals surface area contributed by atoms with Gasteiger partial charge in [0, 0.05) is 39.1 Å². The summed E-state index contributed by atoms with van der Waals surface area (Å²) in [6, 6.07) is 26.6. The fraction of sp³-hybridized carbons (Fsp3) is 0. The summed E-state index contributed by atoms with van der Waals surface area (Å²) in [5.41, 5.74) is 12.3. The number of benzene rings is 3. The number of nitrogens with zero attached hydrogens (tertiary/aromatic N) is 2. The molecule has 0 aliphatic heterocycles. The van der Waals surface area contributed by atoms with Gasteiger partial charge < -0.3 is 10.7 Å². The monoisotopic (exact) mass is 360 g/mol. The maximum atomic E-state index is 9.80. The third-order valence-corrected chi connectivity index (χ3v) is 5.10. The number of pyridine rings is 1. The van der Waals surface area contributed by atoms with E-state index in [0.717, 1.165) is 44.1 Å². The van der Waals surface area contributed by atoms with E-state index in [0.29, 0.717) is 5.56 Å². The summed E-state index contributed by atoms with van der Waals surface area (Å²) in [6.45, 7) is 0. The van der Waals surface area contributed by atoms with Gasteiger partial charge in [-0.05, 0) is 29.3 Å². The van der Waals surface area contributed by atoms with Gasteiger partial charge in [0.1, 0.15) is 17.5 Å². The van der Waals surface area contributed by atoms with Crippen molar-refractivity contribution in [3.63, 3.8) is 0 Å². The molecule has 5 rings (SSSR count). The average Bonchev–Trinajstić information content (AvgIpc) is 3.12. The lowest BCUT2D eigenvalue weighted by Crippen LogP contribution is -1.99. The molecule has 0 saturated heterocycles. The second kappa shape index (κ2) is 6.26. The topological polar surface area (TPSA) is 78.5 Å². The van der Waals surface area contributed by atoms with Crippen LogP contribution in [0.2, 0.25) is 0 Å². The summed E-state index contributed by atoms with van der Waals surface area (Å²) in [6.07, 6.45) is 1.75. The van der Waals surface area contributed by atoms with E-state index in [1.54, 1.807) is 6.20 Å². The van der Waals surface area contributed by atoms with Crippen molar-refractivity contribution in [2.24, 2.45) is 0 Å². The van der Waals surface area contributed by atoms with E-state index < -0.39 is 0 Å². The number of rotatable bonds is 2. The lowest BCUT2D eigenvalue weighted by atomic mass is 9.91. The summed E-state index contributed by atoms with van der Waals surface area (Å²) in [5.74, 6) is 0.246. The first-order valence-corrected chi connectivity index (χ1v) is 9.01. The van der Waals surface area contributed by atoms with Crippen LogP contribution in [0, 0.1) is 11.3 Å². The van der Waals surface area contributed by atoms with Gasteiger partial charge in [0.25, 0.3) is 0 Å².